The molecule has 0 bridgehead atoms. The van der Waals surface area contributed by atoms with Crippen LogP contribution < -0.4 is 10.2 Å². The van der Waals surface area contributed by atoms with Gasteiger partial charge in [-0.25, -0.2) is 4.79 Å². The van der Waals surface area contributed by atoms with Crippen molar-refractivity contribution in [3.05, 3.63) is 94.5 Å². The number of para-hydroxylation sites is 2. The van der Waals surface area contributed by atoms with E-state index in [1.807, 2.05) is 73.7 Å². The zero-order chi connectivity index (χ0) is 21.8. The number of anilines is 2. The van der Waals surface area contributed by atoms with Crippen LogP contribution in [0, 0.1) is 6.92 Å². The minimum absolute atomic E-state index is 0.0937. The summed E-state index contributed by atoms with van der Waals surface area (Å²) in [6.07, 6.45) is 0.830. The molecule has 158 valence electrons. The highest BCUT2D eigenvalue weighted by atomic mass is 35.5. The fourth-order valence-electron chi connectivity index (χ4n) is 3.82. The molecule has 1 aliphatic heterocycles. The van der Waals surface area contributed by atoms with Gasteiger partial charge in [-0.15, -0.1) is 0 Å². The van der Waals surface area contributed by atoms with Crippen molar-refractivity contribution in [2.24, 2.45) is 0 Å². The van der Waals surface area contributed by atoms with Crippen molar-refractivity contribution in [3.8, 4) is 0 Å². The largest absolute Gasteiger partial charge is 0.324 e. The molecule has 3 aromatic rings. The van der Waals surface area contributed by atoms with E-state index >= 15 is 0 Å². The molecular weight excluding hydrogens is 410 g/mol. The number of aryl methyl sites for hydroxylation is 1. The van der Waals surface area contributed by atoms with Crippen LogP contribution in [0.4, 0.5) is 16.2 Å². The number of nitrogens with one attached hydrogen (secondary N) is 1. The molecule has 0 aromatic heterocycles. The van der Waals surface area contributed by atoms with Crippen LogP contribution in [0.1, 0.15) is 27.9 Å². The number of urea groups is 1. The van der Waals surface area contributed by atoms with Gasteiger partial charge < -0.3 is 10.2 Å². The number of halogens is 1. The van der Waals surface area contributed by atoms with Gasteiger partial charge in [0.05, 0.1) is 11.4 Å². The monoisotopic (exact) mass is 433 g/mol. The van der Waals surface area contributed by atoms with E-state index in [1.54, 1.807) is 15.9 Å². The number of nitrogens with zero attached hydrogens (tertiary/aromatic N) is 2. The van der Waals surface area contributed by atoms with Gasteiger partial charge in [-0.05, 0) is 48.7 Å². The lowest BCUT2D eigenvalue weighted by Crippen LogP contribution is -2.49. The van der Waals surface area contributed by atoms with Crippen LogP contribution in [-0.4, -0.2) is 29.9 Å². The summed E-state index contributed by atoms with van der Waals surface area (Å²) in [5.41, 5.74) is 3.74. The first-order chi connectivity index (χ1) is 15.0. The van der Waals surface area contributed by atoms with Crippen LogP contribution in [0.25, 0.3) is 0 Å². The third-order valence-corrected chi connectivity index (χ3v) is 5.83. The highest BCUT2D eigenvalue weighted by Crippen LogP contribution is 2.30. The number of hydrogen-bond donors (Lipinski definition) is 1. The summed E-state index contributed by atoms with van der Waals surface area (Å²) in [6, 6.07) is 22.3. The van der Waals surface area contributed by atoms with Crippen LogP contribution in [0.2, 0.25) is 5.02 Å². The Bertz CT molecular complexity index is 1120. The van der Waals surface area contributed by atoms with Crippen molar-refractivity contribution in [2.75, 3.05) is 23.3 Å². The normalized spacial score (nSPS) is 13.9. The SMILES string of the molecule is Cc1ccccc1C(=O)Nc1ccccc1N1CCCN(Cc2ccccc2Cl)C1=O. The molecule has 1 fully saturated rings. The summed E-state index contributed by atoms with van der Waals surface area (Å²) in [4.78, 5) is 29.7. The first kappa shape index (κ1) is 20.9. The molecule has 0 radical (unpaired) electrons. The van der Waals surface area contributed by atoms with Crippen molar-refractivity contribution in [3.63, 3.8) is 0 Å². The fraction of sp³-hybridized carbons (Fsp3) is 0.200. The van der Waals surface area contributed by atoms with Gasteiger partial charge in [0, 0.05) is 30.2 Å². The molecule has 4 rings (SSSR count). The van der Waals surface area contributed by atoms with Crippen LogP contribution in [0.15, 0.2) is 72.8 Å². The third-order valence-electron chi connectivity index (χ3n) is 5.46. The van der Waals surface area contributed by atoms with E-state index in [1.165, 1.54) is 0 Å². The predicted octanol–water partition coefficient (Wildman–Crippen LogP) is 5.73. The molecule has 3 amide bonds. The van der Waals surface area contributed by atoms with Gasteiger partial charge in [0.2, 0.25) is 0 Å². The van der Waals surface area contributed by atoms with Crippen LogP contribution in [0.5, 0.6) is 0 Å². The van der Waals surface area contributed by atoms with Gasteiger partial charge in [0.1, 0.15) is 0 Å². The summed E-state index contributed by atoms with van der Waals surface area (Å²) < 4.78 is 0. The standard InChI is InChI=1S/C25H24ClN3O2/c1-18-9-2-4-11-20(18)24(30)27-22-13-6-7-14-23(22)29-16-8-15-28(25(29)31)17-19-10-3-5-12-21(19)26/h2-7,9-14H,8,15-17H2,1H3,(H,27,30). The quantitative estimate of drug-likeness (QED) is 0.558. The Kier molecular flexibility index (Phi) is 6.23. The predicted molar refractivity (Wildman–Crippen MR) is 125 cm³/mol. The van der Waals surface area contributed by atoms with E-state index in [9.17, 15) is 9.59 Å². The molecule has 5 nitrogen and oxygen atoms in total. The Morgan fingerprint density at radius 2 is 1.68 bits per heavy atom. The minimum atomic E-state index is -0.192. The van der Waals surface area contributed by atoms with E-state index in [0.717, 1.165) is 17.5 Å². The molecule has 0 atom stereocenters. The Hall–Kier alpha value is -3.31. The number of hydrogen-bond acceptors (Lipinski definition) is 2. The van der Waals surface area contributed by atoms with Crippen molar-refractivity contribution >= 4 is 34.9 Å². The Balaban J connectivity index is 1.57. The van der Waals surface area contributed by atoms with Gasteiger partial charge in [0.15, 0.2) is 0 Å². The first-order valence-corrected chi connectivity index (χ1v) is 10.7. The van der Waals surface area contributed by atoms with Crippen LogP contribution >= 0.6 is 11.6 Å². The van der Waals surface area contributed by atoms with Crippen molar-refractivity contribution in [1.82, 2.24) is 4.90 Å². The number of carbonyl (C=O) groups is 2. The molecular formula is C25H24ClN3O2. The second kappa shape index (κ2) is 9.23. The van der Waals surface area contributed by atoms with E-state index < -0.39 is 0 Å². The minimum Gasteiger partial charge on any atom is -0.320 e. The highest BCUT2D eigenvalue weighted by Gasteiger charge is 2.29. The maximum absolute atomic E-state index is 13.3. The number of amides is 3. The van der Waals surface area contributed by atoms with E-state index in [-0.39, 0.29) is 11.9 Å². The van der Waals surface area contributed by atoms with Crippen LogP contribution in [0.3, 0.4) is 0 Å². The van der Waals surface area contributed by atoms with Gasteiger partial charge in [0.25, 0.3) is 5.91 Å². The first-order valence-electron chi connectivity index (χ1n) is 10.3. The number of carbonyl (C=O) groups excluding carboxylic acids is 2. The van der Waals surface area contributed by atoms with Crippen molar-refractivity contribution in [2.45, 2.75) is 19.9 Å². The molecule has 0 spiro atoms. The summed E-state index contributed by atoms with van der Waals surface area (Å²) in [5.74, 6) is -0.192. The molecule has 1 aliphatic rings. The number of benzene rings is 3. The lowest BCUT2D eigenvalue weighted by Gasteiger charge is -2.36. The lowest BCUT2D eigenvalue weighted by atomic mass is 10.1. The highest BCUT2D eigenvalue weighted by molar-refractivity contribution is 6.31. The van der Waals surface area contributed by atoms with Crippen LogP contribution in [-0.2, 0) is 6.54 Å². The molecule has 31 heavy (non-hydrogen) atoms. The Labute approximate surface area is 187 Å². The topological polar surface area (TPSA) is 52.7 Å². The van der Waals surface area contributed by atoms with Gasteiger partial charge >= 0.3 is 6.03 Å². The second-order valence-corrected chi connectivity index (χ2v) is 7.99. The molecule has 0 aliphatic carbocycles. The maximum Gasteiger partial charge on any atom is 0.324 e. The van der Waals surface area contributed by atoms with E-state index in [0.29, 0.717) is 41.6 Å². The van der Waals surface area contributed by atoms with Gasteiger partial charge in [-0.1, -0.05) is 60.1 Å². The summed E-state index contributed by atoms with van der Waals surface area (Å²) in [7, 11) is 0. The average molecular weight is 434 g/mol. The number of rotatable bonds is 5. The second-order valence-electron chi connectivity index (χ2n) is 7.59. The zero-order valence-electron chi connectivity index (χ0n) is 17.3. The molecule has 3 aromatic carbocycles. The Morgan fingerprint density at radius 1 is 0.968 bits per heavy atom. The molecule has 1 saturated heterocycles. The third kappa shape index (κ3) is 4.57. The average Bonchev–Trinajstić information content (AvgIpc) is 2.77. The van der Waals surface area contributed by atoms with Gasteiger partial charge in [-0.3, -0.25) is 9.69 Å². The Morgan fingerprint density at radius 3 is 2.48 bits per heavy atom. The van der Waals surface area contributed by atoms with Crippen molar-refractivity contribution in [1.29, 1.82) is 0 Å². The smallest absolute Gasteiger partial charge is 0.320 e. The molecule has 6 heteroatoms. The van der Waals surface area contributed by atoms with Gasteiger partial charge in [-0.2, -0.15) is 0 Å². The van der Waals surface area contributed by atoms with Crippen molar-refractivity contribution < 1.29 is 9.59 Å². The molecule has 0 unspecified atom stereocenters. The molecule has 1 N–H and O–H groups in total. The molecule has 0 saturated carbocycles. The zero-order valence-corrected chi connectivity index (χ0v) is 18.1. The summed E-state index contributed by atoms with van der Waals surface area (Å²) in [6.45, 7) is 3.61. The summed E-state index contributed by atoms with van der Waals surface area (Å²) >= 11 is 6.30. The molecule has 1 heterocycles. The lowest BCUT2D eigenvalue weighted by molar-refractivity contribution is 0.102. The maximum atomic E-state index is 13.3. The van der Waals surface area contributed by atoms with E-state index in [4.69, 9.17) is 11.6 Å². The summed E-state index contributed by atoms with van der Waals surface area (Å²) in [5, 5.41) is 3.64. The fourth-order valence-corrected chi connectivity index (χ4v) is 4.01. The van der Waals surface area contributed by atoms with E-state index in [2.05, 4.69) is 5.32 Å².